The molecule has 1 amide bonds. The SMILES string of the molecule is COc1ccc(-c2cc(C(=O)N3CCCC3C)no2)cc1. The normalized spacial score (nSPS) is 18.0. The van der Waals surface area contributed by atoms with Crippen molar-refractivity contribution in [1.29, 1.82) is 0 Å². The Labute approximate surface area is 123 Å². The molecule has 1 fully saturated rings. The number of likely N-dealkylation sites (tertiary alicyclic amines) is 1. The van der Waals surface area contributed by atoms with Gasteiger partial charge < -0.3 is 14.2 Å². The summed E-state index contributed by atoms with van der Waals surface area (Å²) in [5, 5.41) is 3.92. The number of nitrogens with zero attached hydrogens (tertiary/aromatic N) is 2. The lowest BCUT2D eigenvalue weighted by Gasteiger charge is -2.19. The third-order valence-electron chi connectivity index (χ3n) is 3.92. The summed E-state index contributed by atoms with van der Waals surface area (Å²) in [6, 6.07) is 9.44. The molecule has 0 aliphatic carbocycles. The molecule has 2 heterocycles. The Morgan fingerprint density at radius 3 is 2.76 bits per heavy atom. The molecule has 1 aromatic carbocycles. The summed E-state index contributed by atoms with van der Waals surface area (Å²) in [5.74, 6) is 1.32. The average molecular weight is 286 g/mol. The standard InChI is InChI=1S/C16H18N2O3/c1-11-4-3-9-18(11)16(19)14-10-15(21-17-14)12-5-7-13(20-2)8-6-12/h5-8,10-11H,3-4,9H2,1-2H3. The van der Waals surface area contributed by atoms with Crippen molar-refractivity contribution >= 4 is 5.91 Å². The third-order valence-corrected chi connectivity index (χ3v) is 3.92. The predicted molar refractivity (Wildman–Crippen MR) is 78.2 cm³/mol. The van der Waals surface area contributed by atoms with Crippen LogP contribution in [0.1, 0.15) is 30.3 Å². The fourth-order valence-electron chi connectivity index (χ4n) is 2.65. The van der Waals surface area contributed by atoms with Crippen LogP contribution in [0.5, 0.6) is 5.75 Å². The second-order valence-corrected chi connectivity index (χ2v) is 5.29. The molecular formula is C16H18N2O3. The topological polar surface area (TPSA) is 55.6 Å². The van der Waals surface area contributed by atoms with E-state index in [9.17, 15) is 4.79 Å². The van der Waals surface area contributed by atoms with Crippen molar-refractivity contribution in [3.05, 3.63) is 36.0 Å². The summed E-state index contributed by atoms with van der Waals surface area (Å²) in [6.07, 6.45) is 2.10. The largest absolute Gasteiger partial charge is 0.497 e. The van der Waals surface area contributed by atoms with E-state index in [1.54, 1.807) is 13.2 Å². The lowest BCUT2D eigenvalue weighted by Crippen LogP contribution is -2.33. The van der Waals surface area contributed by atoms with E-state index in [1.165, 1.54) is 0 Å². The number of hydrogen-bond acceptors (Lipinski definition) is 4. The van der Waals surface area contributed by atoms with Gasteiger partial charge in [0.1, 0.15) is 5.75 Å². The first-order valence-corrected chi connectivity index (χ1v) is 7.11. The van der Waals surface area contributed by atoms with Crippen molar-refractivity contribution in [2.75, 3.05) is 13.7 Å². The highest BCUT2D eigenvalue weighted by atomic mass is 16.5. The van der Waals surface area contributed by atoms with Crippen molar-refractivity contribution in [2.45, 2.75) is 25.8 Å². The van der Waals surface area contributed by atoms with Crippen LogP contribution in [0.25, 0.3) is 11.3 Å². The molecule has 110 valence electrons. The number of amides is 1. The summed E-state index contributed by atoms with van der Waals surface area (Å²) in [6.45, 7) is 2.86. The van der Waals surface area contributed by atoms with Crippen LogP contribution in [0.2, 0.25) is 0 Å². The number of benzene rings is 1. The van der Waals surface area contributed by atoms with Crippen LogP contribution in [0, 0.1) is 0 Å². The van der Waals surface area contributed by atoms with Crippen LogP contribution in [0.4, 0.5) is 0 Å². The molecule has 1 aliphatic rings. The molecule has 0 spiro atoms. The maximum absolute atomic E-state index is 12.4. The van der Waals surface area contributed by atoms with Crippen LogP contribution >= 0.6 is 0 Å². The number of aromatic nitrogens is 1. The highest BCUT2D eigenvalue weighted by Gasteiger charge is 2.28. The van der Waals surface area contributed by atoms with Crippen LogP contribution in [0.3, 0.4) is 0 Å². The number of carbonyl (C=O) groups excluding carboxylic acids is 1. The summed E-state index contributed by atoms with van der Waals surface area (Å²) in [7, 11) is 1.62. The lowest BCUT2D eigenvalue weighted by molar-refractivity contribution is 0.0737. The molecule has 1 aliphatic heterocycles. The molecule has 0 N–H and O–H groups in total. The molecule has 1 unspecified atom stereocenters. The first-order valence-electron chi connectivity index (χ1n) is 7.11. The molecule has 2 aromatic rings. The summed E-state index contributed by atoms with van der Waals surface area (Å²) < 4.78 is 10.4. The van der Waals surface area contributed by atoms with Gasteiger partial charge in [0.2, 0.25) is 0 Å². The van der Waals surface area contributed by atoms with Gasteiger partial charge in [0, 0.05) is 24.2 Å². The van der Waals surface area contributed by atoms with Gasteiger partial charge in [-0.1, -0.05) is 5.16 Å². The number of carbonyl (C=O) groups is 1. The van der Waals surface area contributed by atoms with Crippen molar-refractivity contribution in [1.82, 2.24) is 10.1 Å². The summed E-state index contributed by atoms with van der Waals surface area (Å²) in [5.41, 5.74) is 1.24. The van der Waals surface area contributed by atoms with E-state index in [-0.39, 0.29) is 11.9 Å². The maximum Gasteiger partial charge on any atom is 0.276 e. The Balaban J connectivity index is 1.80. The molecule has 21 heavy (non-hydrogen) atoms. The number of hydrogen-bond donors (Lipinski definition) is 0. The Kier molecular flexibility index (Phi) is 3.64. The zero-order valence-electron chi connectivity index (χ0n) is 12.2. The molecule has 5 heteroatoms. The molecule has 1 atom stereocenters. The minimum absolute atomic E-state index is 0.0523. The van der Waals surface area contributed by atoms with Gasteiger partial charge in [0.25, 0.3) is 5.91 Å². The molecule has 5 nitrogen and oxygen atoms in total. The Morgan fingerprint density at radius 2 is 2.14 bits per heavy atom. The van der Waals surface area contributed by atoms with E-state index in [0.29, 0.717) is 11.5 Å². The Morgan fingerprint density at radius 1 is 1.38 bits per heavy atom. The highest BCUT2D eigenvalue weighted by molar-refractivity contribution is 5.93. The van der Waals surface area contributed by atoms with Crippen LogP contribution in [-0.4, -0.2) is 35.7 Å². The fraction of sp³-hybridized carbons (Fsp3) is 0.375. The van der Waals surface area contributed by atoms with Gasteiger partial charge in [-0.25, -0.2) is 0 Å². The van der Waals surface area contributed by atoms with Crippen molar-refractivity contribution < 1.29 is 14.1 Å². The zero-order valence-corrected chi connectivity index (χ0v) is 12.2. The van der Waals surface area contributed by atoms with Crippen LogP contribution in [0.15, 0.2) is 34.9 Å². The molecule has 1 aromatic heterocycles. The van der Waals surface area contributed by atoms with Gasteiger partial charge in [-0.2, -0.15) is 0 Å². The first-order chi connectivity index (χ1) is 10.2. The molecule has 0 bridgehead atoms. The average Bonchev–Trinajstić information content (AvgIpc) is 3.16. The fourth-order valence-corrected chi connectivity index (χ4v) is 2.65. The van der Waals surface area contributed by atoms with E-state index in [0.717, 1.165) is 30.7 Å². The van der Waals surface area contributed by atoms with Gasteiger partial charge in [-0.15, -0.1) is 0 Å². The second kappa shape index (κ2) is 5.60. The number of ether oxygens (including phenoxy) is 1. The van der Waals surface area contributed by atoms with E-state index in [2.05, 4.69) is 12.1 Å². The van der Waals surface area contributed by atoms with Gasteiger partial charge in [0.05, 0.1) is 7.11 Å². The first kappa shape index (κ1) is 13.7. The molecule has 0 saturated carbocycles. The van der Waals surface area contributed by atoms with Crippen molar-refractivity contribution in [3.8, 4) is 17.1 Å². The van der Waals surface area contributed by atoms with E-state index >= 15 is 0 Å². The molecule has 1 saturated heterocycles. The van der Waals surface area contributed by atoms with E-state index in [1.807, 2.05) is 29.2 Å². The lowest BCUT2D eigenvalue weighted by atomic mass is 10.1. The monoisotopic (exact) mass is 286 g/mol. The quantitative estimate of drug-likeness (QED) is 0.870. The smallest absolute Gasteiger partial charge is 0.276 e. The van der Waals surface area contributed by atoms with Crippen molar-refractivity contribution in [3.63, 3.8) is 0 Å². The number of rotatable bonds is 3. The molecular weight excluding hydrogens is 268 g/mol. The molecule has 3 rings (SSSR count). The molecule has 0 radical (unpaired) electrons. The van der Waals surface area contributed by atoms with E-state index < -0.39 is 0 Å². The van der Waals surface area contributed by atoms with Gasteiger partial charge in [-0.05, 0) is 44.0 Å². The maximum atomic E-state index is 12.4. The highest BCUT2D eigenvalue weighted by Crippen LogP contribution is 2.25. The summed E-state index contributed by atoms with van der Waals surface area (Å²) >= 11 is 0. The second-order valence-electron chi connectivity index (χ2n) is 5.29. The van der Waals surface area contributed by atoms with Crippen LogP contribution in [-0.2, 0) is 0 Å². The van der Waals surface area contributed by atoms with Gasteiger partial charge in [0.15, 0.2) is 11.5 Å². The van der Waals surface area contributed by atoms with E-state index in [4.69, 9.17) is 9.26 Å². The minimum atomic E-state index is -0.0523. The minimum Gasteiger partial charge on any atom is -0.497 e. The Bertz CT molecular complexity index is 633. The van der Waals surface area contributed by atoms with Crippen molar-refractivity contribution in [2.24, 2.45) is 0 Å². The zero-order chi connectivity index (χ0) is 14.8. The van der Waals surface area contributed by atoms with Gasteiger partial charge in [-0.3, -0.25) is 4.79 Å². The number of methoxy groups -OCH3 is 1. The Hall–Kier alpha value is -2.30. The predicted octanol–water partition coefficient (Wildman–Crippen LogP) is 2.97. The summed E-state index contributed by atoms with van der Waals surface area (Å²) in [4.78, 5) is 14.2. The van der Waals surface area contributed by atoms with Crippen LogP contribution < -0.4 is 4.74 Å². The van der Waals surface area contributed by atoms with Gasteiger partial charge >= 0.3 is 0 Å². The third kappa shape index (κ3) is 2.63.